The first-order valence-corrected chi connectivity index (χ1v) is 25.0. The first-order valence-electron chi connectivity index (χ1n) is 25.0. The Morgan fingerprint density at radius 3 is 1.18 bits per heavy atom. The smallest absolute Gasteiger partial charge is 0.0725 e. The molecule has 0 heterocycles. The maximum absolute atomic E-state index is 2.51. The van der Waals surface area contributed by atoms with E-state index in [1.807, 2.05) is 0 Å². The highest BCUT2D eigenvalue weighted by atomic mass is 15.1. The lowest BCUT2D eigenvalue weighted by molar-refractivity contribution is 0.660. The second kappa shape index (κ2) is 14.9. The molecule has 0 saturated carbocycles. The summed E-state index contributed by atoms with van der Waals surface area (Å²) >= 11 is 0. The van der Waals surface area contributed by atoms with Crippen LogP contribution in [0.5, 0.6) is 0 Å². The highest BCUT2D eigenvalue weighted by Crippen LogP contribution is 2.63. The van der Waals surface area contributed by atoms with Crippen molar-refractivity contribution >= 4 is 49.4 Å². The third-order valence-electron chi connectivity index (χ3n) is 16.5. The number of hydrogen-bond acceptors (Lipinski definition) is 1. The minimum absolute atomic E-state index is 0.254. The average molecular weight is 902 g/mol. The fourth-order valence-electron chi connectivity index (χ4n) is 13.2. The summed E-state index contributed by atoms with van der Waals surface area (Å²) in [5, 5.41) is 7.64. The summed E-state index contributed by atoms with van der Waals surface area (Å²) in [7, 11) is 0. The Balaban J connectivity index is 0.862. The number of fused-ring (bicyclic) bond motifs is 19. The fraction of sp³-hybridized carbons (Fsp3) is 0.0571. The topological polar surface area (TPSA) is 3.24 Å². The Labute approximate surface area is 414 Å². The lowest BCUT2D eigenvalue weighted by atomic mass is 9.70. The van der Waals surface area contributed by atoms with Gasteiger partial charge in [0.25, 0.3) is 0 Å². The summed E-state index contributed by atoms with van der Waals surface area (Å²) in [5.74, 6) is 0. The van der Waals surface area contributed by atoms with Gasteiger partial charge in [0.15, 0.2) is 0 Å². The van der Waals surface area contributed by atoms with Crippen LogP contribution in [0.25, 0.3) is 88.0 Å². The van der Waals surface area contributed by atoms with Crippen molar-refractivity contribution in [1.29, 1.82) is 0 Å². The third-order valence-corrected chi connectivity index (χ3v) is 16.5. The van der Waals surface area contributed by atoms with Gasteiger partial charge in [0.2, 0.25) is 0 Å². The maximum Gasteiger partial charge on any atom is 0.0725 e. The molecule has 0 N–H and O–H groups in total. The van der Waals surface area contributed by atoms with Gasteiger partial charge in [0.05, 0.1) is 5.41 Å². The number of nitrogens with zero attached hydrogens (tertiary/aromatic N) is 1. The van der Waals surface area contributed by atoms with Crippen LogP contribution in [0.3, 0.4) is 0 Å². The van der Waals surface area contributed by atoms with Crippen molar-refractivity contribution in [2.24, 2.45) is 0 Å². The van der Waals surface area contributed by atoms with Crippen molar-refractivity contribution in [3.8, 4) is 55.6 Å². The van der Waals surface area contributed by atoms with E-state index in [4.69, 9.17) is 0 Å². The number of rotatable bonds is 5. The van der Waals surface area contributed by atoms with Crippen LogP contribution in [-0.2, 0) is 10.8 Å². The van der Waals surface area contributed by atoms with Crippen molar-refractivity contribution in [1.82, 2.24) is 0 Å². The summed E-state index contributed by atoms with van der Waals surface area (Å²) in [4.78, 5) is 2.46. The van der Waals surface area contributed by atoms with Gasteiger partial charge in [0, 0.05) is 22.5 Å². The van der Waals surface area contributed by atoms with E-state index in [1.54, 1.807) is 0 Å². The molecule has 0 aliphatic heterocycles. The van der Waals surface area contributed by atoms with E-state index in [0.717, 1.165) is 17.1 Å². The molecule has 3 aliphatic rings. The van der Waals surface area contributed by atoms with Gasteiger partial charge >= 0.3 is 0 Å². The Kier molecular flexibility index (Phi) is 8.40. The maximum atomic E-state index is 2.51. The first kappa shape index (κ1) is 40.1. The van der Waals surface area contributed by atoms with Gasteiger partial charge in [-0.3, -0.25) is 0 Å². The Morgan fingerprint density at radius 2 is 0.606 bits per heavy atom. The first-order chi connectivity index (χ1) is 35.0. The summed E-state index contributed by atoms with van der Waals surface area (Å²) in [6, 6.07) is 93.5. The normalized spacial score (nSPS) is 14.0. The Hall–Kier alpha value is -8.78. The summed E-state index contributed by atoms with van der Waals surface area (Å²) in [6.07, 6.45) is 0. The van der Waals surface area contributed by atoms with E-state index in [0.29, 0.717) is 0 Å². The van der Waals surface area contributed by atoms with Crippen molar-refractivity contribution in [2.45, 2.75) is 24.7 Å². The van der Waals surface area contributed by atoms with E-state index in [2.05, 4.69) is 267 Å². The SMILES string of the molecule is CC1(C)c2cc(-c3ccc4c(c3)C3(c5ccccc5-c5ccccc53)c3ccccc3-4)ccc2-c2ccc(N(c3ccc(-c4ccccc4)cc3)c3ccc4c5ccccc5c5ccccc5c4c3)cc21. The van der Waals surface area contributed by atoms with E-state index in [9.17, 15) is 0 Å². The molecule has 0 atom stereocenters. The molecule has 0 saturated heterocycles. The minimum atomic E-state index is -0.378. The molecule has 1 nitrogen and oxygen atoms in total. The molecule has 0 fully saturated rings. The molecule has 1 heteroatoms. The lowest BCUT2D eigenvalue weighted by Gasteiger charge is -2.30. The van der Waals surface area contributed by atoms with E-state index < -0.39 is 0 Å². The predicted molar refractivity (Wildman–Crippen MR) is 298 cm³/mol. The molecule has 1 spiro atoms. The van der Waals surface area contributed by atoms with Crippen LogP contribution in [0.1, 0.15) is 47.2 Å². The van der Waals surface area contributed by atoms with Crippen LogP contribution in [-0.4, -0.2) is 0 Å². The fourth-order valence-corrected chi connectivity index (χ4v) is 13.2. The standard InChI is InChI=1S/C70H47N/c1-69(2)66-40-46(47-31-37-61-58-24-12-15-27-65(58)70(68(61)41-47)63-25-13-10-22-56(63)57-23-11-14-26-64(57)70)30-36-59(66)60-39-35-50(43-67(60)69)71(48-32-28-45(29-33-48)44-16-4-3-5-17-44)49-34-38-55-53-20-7-6-18-51(53)52-19-8-9-21-54(52)62(55)42-49/h3-43H,1-2H3. The molecule has 0 bridgehead atoms. The van der Waals surface area contributed by atoms with Gasteiger partial charge in [-0.1, -0.05) is 214 Å². The van der Waals surface area contributed by atoms with Crippen LogP contribution in [0.4, 0.5) is 17.1 Å². The average Bonchev–Trinajstić information content (AvgIpc) is 3.99. The van der Waals surface area contributed by atoms with Crippen molar-refractivity contribution in [3.05, 3.63) is 282 Å². The van der Waals surface area contributed by atoms with Gasteiger partial charge in [-0.2, -0.15) is 0 Å². The summed E-state index contributed by atoms with van der Waals surface area (Å²) in [5.41, 5.74) is 23.8. The minimum Gasteiger partial charge on any atom is -0.310 e. The van der Waals surface area contributed by atoms with Crippen LogP contribution in [0.15, 0.2) is 249 Å². The molecule has 71 heavy (non-hydrogen) atoms. The molecule has 0 aromatic heterocycles. The quantitative estimate of drug-likeness (QED) is 0.156. The Bertz CT molecular complexity index is 4100. The van der Waals surface area contributed by atoms with Crippen molar-refractivity contribution in [3.63, 3.8) is 0 Å². The van der Waals surface area contributed by atoms with Gasteiger partial charge in [-0.05, 0) is 170 Å². The van der Waals surface area contributed by atoms with Crippen molar-refractivity contribution in [2.75, 3.05) is 4.90 Å². The molecule has 12 aromatic rings. The molecule has 12 aromatic carbocycles. The molecule has 332 valence electrons. The molecule has 3 aliphatic carbocycles. The Morgan fingerprint density at radius 1 is 0.239 bits per heavy atom. The zero-order valence-electron chi connectivity index (χ0n) is 39.6. The molecule has 0 amide bonds. The second-order valence-electron chi connectivity index (χ2n) is 20.3. The van der Waals surface area contributed by atoms with Crippen molar-refractivity contribution < 1.29 is 0 Å². The monoisotopic (exact) mass is 901 g/mol. The van der Waals surface area contributed by atoms with E-state index in [-0.39, 0.29) is 10.8 Å². The van der Waals surface area contributed by atoms with Gasteiger partial charge in [-0.15, -0.1) is 0 Å². The number of hydrogen-bond donors (Lipinski definition) is 0. The van der Waals surface area contributed by atoms with Gasteiger partial charge in [-0.25, -0.2) is 0 Å². The highest BCUT2D eigenvalue weighted by Gasteiger charge is 2.51. The van der Waals surface area contributed by atoms with E-state index >= 15 is 0 Å². The molecule has 0 unspecified atom stereocenters. The molecule has 0 radical (unpaired) electrons. The second-order valence-corrected chi connectivity index (χ2v) is 20.3. The van der Waals surface area contributed by atoms with Crippen LogP contribution in [0, 0.1) is 0 Å². The summed E-state index contributed by atoms with van der Waals surface area (Å²) < 4.78 is 0. The van der Waals surface area contributed by atoms with E-state index in [1.165, 1.54) is 121 Å². The number of benzene rings is 12. The number of anilines is 3. The largest absolute Gasteiger partial charge is 0.310 e. The predicted octanol–water partition coefficient (Wildman–Crippen LogP) is 18.6. The van der Waals surface area contributed by atoms with Gasteiger partial charge < -0.3 is 4.90 Å². The zero-order chi connectivity index (χ0) is 47.0. The van der Waals surface area contributed by atoms with Crippen LogP contribution in [0.2, 0.25) is 0 Å². The highest BCUT2D eigenvalue weighted by molar-refractivity contribution is 6.25. The zero-order valence-corrected chi connectivity index (χ0v) is 39.6. The lowest BCUT2D eigenvalue weighted by Crippen LogP contribution is -2.25. The molecule has 15 rings (SSSR count). The summed E-state index contributed by atoms with van der Waals surface area (Å²) in [6.45, 7) is 4.83. The third kappa shape index (κ3) is 5.58. The molecular weight excluding hydrogens is 855 g/mol. The van der Waals surface area contributed by atoms with Gasteiger partial charge in [0.1, 0.15) is 0 Å². The van der Waals surface area contributed by atoms with Crippen LogP contribution >= 0.6 is 0 Å². The molecular formula is C70H47N. The van der Waals surface area contributed by atoms with Crippen LogP contribution < -0.4 is 4.90 Å².